The molecule has 2 heterocycles. The molecule has 0 bridgehead atoms. The average molecular weight is 453 g/mol. The predicted octanol–water partition coefficient (Wildman–Crippen LogP) is 2.05. The molecule has 3 fully saturated rings. The first kappa shape index (κ1) is 20.9. The summed E-state index contributed by atoms with van der Waals surface area (Å²) in [6, 6.07) is 4.28. The van der Waals surface area contributed by atoms with Crippen molar-refractivity contribution in [3.05, 3.63) is 33.8 Å². The Morgan fingerprint density at radius 1 is 0.933 bits per heavy atom. The Morgan fingerprint density at radius 2 is 1.50 bits per heavy atom. The molecule has 10 heteroatoms. The van der Waals surface area contributed by atoms with Crippen LogP contribution in [0.4, 0.5) is 4.79 Å². The van der Waals surface area contributed by atoms with E-state index in [1.165, 1.54) is 0 Å². The molecule has 1 spiro atoms. The number of halogens is 2. The Kier molecular flexibility index (Phi) is 5.63. The number of urea groups is 1. The summed E-state index contributed by atoms with van der Waals surface area (Å²) in [6.45, 7) is 1.78. The lowest BCUT2D eigenvalue weighted by Crippen LogP contribution is -2.54. The summed E-state index contributed by atoms with van der Waals surface area (Å²) in [7, 11) is 0. The number of carbonyl (C=O) groups is 4. The highest BCUT2D eigenvalue weighted by Gasteiger charge is 2.49. The maximum absolute atomic E-state index is 12.9. The van der Waals surface area contributed by atoms with Crippen LogP contribution in [-0.2, 0) is 9.59 Å². The van der Waals surface area contributed by atoms with Crippen molar-refractivity contribution in [2.24, 2.45) is 5.92 Å². The van der Waals surface area contributed by atoms with Crippen molar-refractivity contribution < 1.29 is 19.2 Å². The van der Waals surface area contributed by atoms with Gasteiger partial charge in [0.25, 0.3) is 11.8 Å². The lowest BCUT2D eigenvalue weighted by molar-refractivity contribution is -0.139. The Morgan fingerprint density at radius 3 is 2.03 bits per heavy atom. The Bertz CT molecular complexity index is 886. The minimum absolute atomic E-state index is 0.0486. The SMILES string of the molecule is O=C1NC(=O)C2(CCC(C(=O)N3CCN(C(=O)c4cc(Cl)cc(Cl)c4)CC3)CC2)N1. The van der Waals surface area contributed by atoms with Gasteiger partial charge in [-0.3, -0.25) is 19.7 Å². The van der Waals surface area contributed by atoms with Gasteiger partial charge in [-0.05, 0) is 43.9 Å². The molecule has 2 N–H and O–H groups in total. The van der Waals surface area contributed by atoms with Crippen molar-refractivity contribution in [2.45, 2.75) is 31.2 Å². The first-order chi connectivity index (χ1) is 14.3. The first-order valence-corrected chi connectivity index (χ1v) is 10.7. The topological polar surface area (TPSA) is 98.8 Å². The second-order valence-electron chi connectivity index (χ2n) is 8.04. The molecule has 0 radical (unpaired) electrons. The van der Waals surface area contributed by atoms with E-state index < -0.39 is 11.6 Å². The molecule has 8 nitrogen and oxygen atoms in total. The minimum atomic E-state index is -0.864. The highest BCUT2D eigenvalue weighted by Crippen LogP contribution is 2.35. The van der Waals surface area contributed by atoms with E-state index in [2.05, 4.69) is 10.6 Å². The molecule has 0 unspecified atom stereocenters. The van der Waals surface area contributed by atoms with E-state index in [-0.39, 0.29) is 23.6 Å². The molecular formula is C20H22Cl2N4O4. The fourth-order valence-corrected chi connectivity index (χ4v) is 5.01. The van der Waals surface area contributed by atoms with Gasteiger partial charge in [0.2, 0.25) is 5.91 Å². The number of piperazine rings is 1. The number of amides is 5. The zero-order chi connectivity index (χ0) is 21.5. The van der Waals surface area contributed by atoms with Gasteiger partial charge in [-0.1, -0.05) is 23.2 Å². The van der Waals surface area contributed by atoms with Gasteiger partial charge in [0.05, 0.1) is 0 Å². The second kappa shape index (κ2) is 8.07. The van der Waals surface area contributed by atoms with Crippen LogP contribution in [0.15, 0.2) is 18.2 Å². The third-order valence-corrected chi connectivity index (χ3v) is 6.63. The lowest BCUT2D eigenvalue weighted by Gasteiger charge is -2.39. The van der Waals surface area contributed by atoms with Crippen LogP contribution >= 0.6 is 23.2 Å². The van der Waals surface area contributed by atoms with Crippen LogP contribution in [0.2, 0.25) is 10.0 Å². The normalized spacial score (nSPS) is 26.5. The smallest absolute Gasteiger partial charge is 0.322 e. The number of imide groups is 1. The van der Waals surface area contributed by atoms with E-state index in [1.807, 2.05) is 0 Å². The van der Waals surface area contributed by atoms with Crippen molar-refractivity contribution in [3.63, 3.8) is 0 Å². The summed E-state index contributed by atoms with van der Waals surface area (Å²) >= 11 is 12.0. The molecule has 5 amide bonds. The number of carbonyl (C=O) groups excluding carboxylic acids is 4. The van der Waals surface area contributed by atoms with Crippen LogP contribution in [0, 0.1) is 5.92 Å². The molecule has 1 aromatic rings. The molecule has 160 valence electrons. The summed E-state index contributed by atoms with van der Waals surface area (Å²) in [5, 5.41) is 5.80. The molecule has 0 aromatic heterocycles. The number of nitrogens with one attached hydrogen (secondary N) is 2. The molecule has 0 atom stereocenters. The second-order valence-corrected chi connectivity index (χ2v) is 8.91. The summed E-state index contributed by atoms with van der Waals surface area (Å²) in [6.07, 6.45) is 2.00. The van der Waals surface area contributed by atoms with Crippen molar-refractivity contribution in [3.8, 4) is 0 Å². The lowest BCUT2D eigenvalue weighted by atomic mass is 9.76. The molecule has 2 saturated heterocycles. The number of hydrogen-bond donors (Lipinski definition) is 2. The number of nitrogens with zero attached hydrogens (tertiary/aromatic N) is 2. The van der Waals surface area contributed by atoms with E-state index in [9.17, 15) is 19.2 Å². The van der Waals surface area contributed by atoms with Crippen LogP contribution < -0.4 is 10.6 Å². The Hall–Kier alpha value is -2.32. The number of benzene rings is 1. The van der Waals surface area contributed by atoms with Crippen LogP contribution in [0.5, 0.6) is 0 Å². The van der Waals surface area contributed by atoms with E-state index >= 15 is 0 Å². The third kappa shape index (κ3) is 3.98. The first-order valence-electron chi connectivity index (χ1n) is 9.95. The van der Waals surface area contributed by atoms with E-state index in [0.717, 1.165) is 0 Å². The fraction of sp³-hybridized carbons (Fsp3) is 0.500. The maximum atomic E-state index is 12.9. The summed E-state index contributed by atoms with van der Waals surface area (Å²) < 4.78 is 0. The standard InChI is InChI=1S/C20H22Cl2N4O4/c21-14-9-13(10-15(22)11-14)17(28)26-7-5-25(6-8-26)16(27)12-1-3-20(4-2-12)18(29)23-19(30)24-20/h9-12H,1-8H2,(H2,23,24,29,30). The average Bonchev–Trinajstić information content (AvgIpc) is 2.99. The van der Waals surface area contributed by atoms with E-state index in [0.29, 0.717) is 67.5 Å². The zero-order valence-corrected chi connectivity index (χ0v) is 17.8. The highest BCUT2D eigenvalue weighted by molar-refractivity contribution is 6.35. The van der Waals surface area contributed by atoms with Crippen molar-refractivity contribution in [1.82, 2.24) is 20.4 Å². The van der Waals surface area contributed by atoms with Gasteiger partial charge in [0.15, 0.2) is 0 Å². The molecular weight excluding hydrogens is 431 g/mol. The van der Waals surface area contributed by atoms with Gasteiger partial charge in [0.1, 0.15) is 5.54 Å². The van der Waals surface area contributed by atoms with Gasteiger partial charge in [-0.2, -0.15) is 0 Å². The summed E-state index contributed by atoms with van der Waals surface area (Å²) in [5.41, 5.74) is -0.432. The van der Waals surface area contributed by atoms with Gasteiger partial charge < -0.3 is 15.1 Å². The summed E-state index contributed by atoms with van der Waals surface area (Å²) in [5.74, 6) is -0.580. The molecule has 2 aliphatic heterocycles. The fourth-order valence-electron chi connectivity index (χ4n) is 4.49. The molecule has 1 aliphatic carbocycles. The van der Waals surface area contributed by atoms with Gasteiger partial charge in [0, 0.05) is 47.7 Å². The Labute approximate surface area is 183 Å². The minimum Gasteiger partial charge on any atom is -0.339 e. The zero-order valence-electron chi connectivity index (χ0n) is 16.2. The highest BCUT2D eigenvalue weighted by atomic mass is 35.5. The maximum Gasteiger partial charge on any atom is 0.322 e. The van der Waals surface area contributed by atoms with E-state index in [1.54, 1.807) is 28.0 Å². The van der Waals surface area contributed by atoms with Gasteiger partial charge in [-0.15, -0.1) is 0 Å². The molecule has 1 saturated carbocycles. The van der Waals surface area contributed by atoms with Crippen molar-refractivity contribution in [2.75, 3.05) is 26.2 Å². The van der Waals surface area contributed by atoms with Gasteiger partial charge >= 0.3 is 6.03 Å². The van der Waals surface area contributed by atoms with Crippen LogP contribution in [0.1, 0.15) is 36.0 Å². The number of rotatable bonds is 2. The van der Waals surface area contributed by atoms with Crippen molar-refractivity contribution in [1.29, 1.82) is 0 Å². The quantitative estimate of drug-likeness (QED) is 0.670. The van der Waals surface area contributed by atoms with Crippen molar-refractivity contribution >= 4 is 47.0 Å². The molecule has 30 heavy (non-hydrogen) atoms. The molecule has 4 rings (SSSR count). The van der Waals surface area contributed by atoms with Crippen LogP contribution in [0.25, 0.3) is 0 Å². The molecule has 3 aliphatic rings. The largest absolute Gasteiger partial charge is 0.339 e. The Balaban J connectivity index is 1.31. The number of hydrogen-bond acceptors (Lipinski definition) is 4. The van der Waals surface area contributed by atoms with Gasteiger partial charge in [-0.25, -0.2) is 4.79 Å². The van der Waals surface area contributed by atoms with E-state index in [4.69, 9.17) is 23.2 Å². The molecule has 1 aromatic carbocycles. The predicted molar refractivity (Wildman–Crippen MR) is 110 cm³/mol. The monoisotopic (exact) mass is 452 g/mol. The third-order valence-electron chi connectivity index (χ3n) is 6.19. The van der Waals surface area contributed by atoms with Crippen LogP contribution in [-0.4, -0.2) is 65.3 Å². The van der Waals surface area contributed by atoms with Crippen LogP contribution in [0.3, 0.4) is 0 Å². The summed E-state index contributed by atoms with van der Waals surface area (Å²) in [4.78, 5) is 52.6.